The van der Waals surface area contributed by atoms with Crippen LogP contribution in [0.5, 0.6) is 11.5 Å². The lowest BCUT2D eigenvalue weighted by atomic mass is 9.78. The highest BCUT2D eigenvalue weighted by atomic mass is 32.1. The van der Waals surface area contributed by atoms with Gasteiger partial charge in [-0.1, -0.05) is 30.3 Å². The monoisotopic (exact) mass is 395 g/mol. The third kappa shape index (κ3) is 2.85. The van der Waals surface area contributed by atoms with E-state index in [0.29, 0.717) is 22.1 Å². The Morgan fingerprint density at radius 1 is 1.07 bits per heavy atom. The van der Waals surface area contributed by atoms with Gasteiger partial charge in [-0.3, -0.25) is 0 Å². The first-order valence-electron chi connectivity index (χ1n) is 8.99. The fourth-order valence-corrected chi connectivity index (χ4v) is 5.14. The number of thiazole rings is 1. The van der Waals surface area contributed by atoms with Gasteiger partial charge in [-0.25, -0.2) is 9.78 Å². The molecule has 0 unspecified atom stereocenters. The number of nitrogens with zero attached hydrogens (tertiary/aromatic N) is 1. The average Bonchev–Trinajstić information content (AvgIpc) is 3.29. The number of aromatic nitrogens is 1. The number of methoxy groups -OCH3 is 2. The molecule has 0 saturated heterocycles. The van der Waals surface area contributed by atoms with E-state index in [0.717, 1.165) is 23.4 Å². The molecule has 0 radical (unpaired) electrons. The minimum absolute atomic E-state index is 0.297. The van der Waals surface area contributed by atoms with Crippen LogP contribution in [-0.2, 0) is 18.3 Å². The Balaban J connectivity index is 1.92. The van der Waals surface area contributed by atoms with E-state index < -0.39 is 11.4 Å². The lowest BCUT2D eigenvalue weighted by molar-refractivity contribution is 0.0701. The van der Waals surface area contributed by atoms with E-state index in [-0.39, 0.29) is 0 Å². The van der Waals surface area contributed by atoms with Crippen LogP contribution in [0.1, 0.15) is 37.1 Å². The van der Waals surface area contributed by atoms with Gasteiger partial charge in [-0.05, 0) is 48.6 Å². The van der Waals surface area contributed by atoms with Gasteiger partial charge in [0.2, 0.25) is 0 Å². The number of aryl methyl sites for hydroxylation is 1. The van der Waals surface area contributed by atoms with Gasteiger partial charge in [-0.2, -0.15) is 0 Å². The van der Waals surface area contributed by atoms with Crippen molar-refractivity contribution in [3.05, 3.63) is 74.7 Å². The molecule has 0 spiro atoms. The lowest BCUT2D eigenvalue weighted by Gasteiger charge is -2.28. The summed E-state index contributed by atoms with van der Waals surface area (Å²) in [6, 6.07) is 14.3. The zero-order valence-electron chi connectivity index (χ0n) is 16.0. The second-order valence-electron chi connectivity index (χ2n) is 7.01. The van der Waals surface area contributed by atoms with Gasteiger partial charge in [0.1, 0.15) is 9.88 Å². The van der Waals surface area contributed by atoms with Crippen molar-refractivity contribution in [1.29, 1.82) is 0 Å². The SMILES string of the molecule is COc1ccc(C2(c3nc(C)c(C(=O)O)s3)Cc3ccccc3C2)cc1OC. The van der Waals surface area contributed by atoms with Crippen molar-refractivity contribution in [2.75, 3.05) is 14.2 Å². The number of aromatic carboxylic acids is 1. The summed E-state index contributed by atoms with van der Waals surface area (Å²) in [5.74, 6) is 0.389. The van der Waals surface area contributed by atoms with Crippen LogP contribution < -0.4 is 9.47 Å². The summed E-state index contributed by atoms with van der Waals surface area (Å²) in [6.45, 7) is 1.76. The number of rotatable bonds is 5. The van der Waals surface area contributed by atoms with Gasteiger partial charge >= 0.3 is 5.97 Å². The molecule has 28 heavy (non-hydrogen) atoms. The molecule has 1 N–H and O–H groups in total. The number of carbonyl (C=O) groups is 1. The van der Waals surface area contributed by atoms with E-state index in [9.17, 15) is 9.90 Å². The molecule has 0 bridgehead atoms. The van der Waals surface area contributed by atoms with Crippen molar-refractivity contribution in [1.82, 2.24) is 4.98 Å². The third-order valence-corrected chi connectivity index (χ3v) is 6.79. The highest BCUT2D eigenvalue weighted by Gasteiger charge is 2.44. The van der Waals surface area contributed by atoms with Crippen LogP contribution in [0.2, 0.25) is 0 Å². The largest absolute Gasteiger partial charge is 0.493 e. The number of benzene rings is 2. The lowest BCUT2D eigenvalue weighted by Crippen LogP contribution is -2.28. The van der Waals surface area contributed by atoms with Crippen LogP contribution in [-0.4, -0.2) is 30.3 Å². The van der Waals surface area contributed by atoms with Crippen molar-refractivity contribution in [3.8, 4) is 11.5 Å². The van der Waals surface area contributed by atoms with Crippen LogP contribution in [0.25, 0.3) is 0 Å². The normalized spacial score (nSPS) is 14.5. The molecule has 0 fully saturated rings. The van der Waals surface area contributed by atoms with Gasteiger partial charge < -0.3 is 14.6 Å². The Morgan fingerprint density at radius 2 is 1.71 bits per heavy atom. The Hall–Kier alpha value is -2.86. The number of ether oxygens (including phenoxy) is 2. The molecule has 0 saturated carbocycles. The molecule has 1 aromatic heterocycles. The fourth-order valence-electron chi connectivity index (χ4n) is 4.03. The molecule has 0 aliphatic heterocycles. The maximum atomic E-state index is 11.6. The number of hydrogen-bond acceptors (Lipinski definition) is 5. The van der Waals surface area contributed by atoms with Crippen molar-refractivity contribution in [3.63, 3.8) is 0 Å². The highest BCUT2D eigenvalue weighted by Crippen LogP contribution is 2.48. The summed E-state index contributed by atoms with van der Waals surface area (Å²) in [5, 5.41) is 10.4. The van der Waals surface area contributed by atoms with Gasteiger partial charge in [0.15, 0.2) is 11.5 Å². The molecule has 0 atom stereocenters. The second-order valence-corrected chi connectivity index (χ2v) is 8.01. The first-order chi connectivity index (χ1) is 13.5. The molecule has 3 aromatic rings. The summed E-state index contributed by atoms with van der Waals surface area (Å²) < 4.78 is 10.9. The summed E-state index contributed by atoms with van der Waals surface area (Å²) in [6.07, 6.45) is 1.54. The second kappa shape index (κ2) is 6.95. The standard InChI is InChI=1S/C22H21NO4S/c1-13-19(20(24)25)28-21(23-13)22(11-14-6-4-5-7-15(14)12-22)16-8-9-17(26-2)18(10-16)27-3/h4-10H,11-12H2,1-3H3,(H,24,25). The van der Waals surface area contributed by atoms with Crippen molar-refractivity contribution in [2.45, 2.75) is 25.2 Å². The highest BCUT2D eigenvalue weighted by molar-refractivity contribution is 7.13. The minimum Gasteiger partial charge on any atom is -0.493 e. The van der Waals surface area contributed by atoms with Gasteiger partial charge in [0.25, 0.3) is 0 Å². The van der Waals surface area contributed by atoms with Crippen molar-refractivity contribution >= 4 is 17.3 Å². The van der Waals surface area contributed by atoms with Gasteiger partial charge in [0.05, 0.1) is 25.3 Å². The van der Waals surface area contributed by atoms with Gasteiger partial charge in [0, 0.05) is 0 Å². The van der Waals surface area contributed by atoms with E-state index in [1.807, 2.05) is 30.3 Å². The Labute approximate surface area is 167 Å². The smallest absolute Gasteiger partial charge is 0.347 e. The van der Waals surface area contributed by atoms with E-state index >= 15 is 0 Å². The fraction of sp³-hybridized carbons (Fsp3) is 0.273. The molecule has 1 heterocycles. The first kappa shape index (κ1) is 18.5. The molecule has 6 heteroatoms. The van der Waals surface area contributed by atoms with E-state index in [1.165, 1.54) is 22.5 Å². The summed E-state index contributed by atoms with van der Waals surface area (Å²) in [4.78, 5) is 16.6. The van der Waals surface area contributed by atoms with Crippen LogP contribution in [0.4, 0.5) is 0 Å². The maximum absolute atomic E-state index is 11.6. The molecule has 2 aromatic carbocycles. The third-order valence-electron chi connectivity index (χ3n) is 5.44. The van der Waals surface area contributed by atoms with Crippen LogP contribution >= 0.6 is 11.3 Å². The number of carboxylic acids is 1. The van der Waals surface area contributed by atoms with E-state index in [1.54, 1.807) is 21.1 Å². The minimum atomic E-state index is -0.931. The molecular weight excluding hydrogens is 374 g/mol. The molecule has 1 aliphatic rings. The van der Waals surface area contributed by atoms with Crippen LogP contribution in [0, 0.1) is 6.92 Å². The van der Waals surface area contributed by atoms with Crippen LogP contribution in [0.3, 0.4) is 0 Å². The zero-order chi connectivity index (χ0) is 19.9. The summed E-state index contributed by atoms with van der Waals surface area (Å²) in [5.41, 5.74) is 3.71. The Kier molecular flexibility index (Phi) is 4.59. The molecule has 4 rings (SSSR count). The predicted molar refractivity (Wildman–Crippen MR) is 108 cm³/mol. The topological polar surface area (TPSA) is 68.7 Å². The average molecular weight is 395 g/mol. The quantitative estimate of drug-likeness (QED) is 0.699. The number of hydrogen-bond donors (Lipinski definition) is 1. The van der Waals surface area contributed by atoms with Crippen molar-refractivity contribution < 1.29 is 19.4 Å². The van der Waals surface area contributed by atoms with Gasteiger partial charge in [-0.15, -0.1) is 11.3 Å². The summed E-state index contributed by atoms with van der Waals surface area (Å²) in [7, 11) is 3.23. The molecular formula is C22H21NO4S. The van der Waals surface area contributed by atoms with E-state index in [2.05, 4.69) is 12.1 Å². The Bertz CT molecular complexity index is 1030. The number of fused-ring (bicyclic) bond motifs is 1. The zero-order valence-corrected chi connectivity index (χ0v) is 16.8. The predicted octanol–water partition coefficient (Wildman–Crippen LogP) is 4.25. The Morgan fingerprint density at radius 3 is 2.25 bits per heavy atom. The van der Waals surface area contributed by atoms with E-state index in [4.69, 9.17) is 14.5 Å². The van der Waals surface area contributed by atoms with Crippen LogP contribution in [0.15, 0.2) is 42.5 Å². The molecule has 144 valence electrons. The molecule has 5 nitrogen and oxygen atoms in total. The molecule has 0 amide bonds. The van der Waals surface area contributed by atoms with Crippen molar-refractivity contribution in [2.24, 2.45) is 0 Å². The first-order valence-corrected chi connectivity index (χ1v) is 9.80. The number of carboxylic acid groups (broad SMARTS) is 1. The summed E-state index contributed by atoms with van der Waals surface area (Å²) >= 11 is 1.27. The molecule has 1 aliphatic carbocycles. The maximum Gasteiger partial charge on any atom is 0.347 e.